The Hall–Kier alpha value is -2.03. The van der Waals surface area contributed by atoms with Crippen molar-refractivity contribution in [2.24, 2.45) is 0 Å². The van der Waals surface area contributed by atoms with Crippen LogP contribution in [0.25, 0.3) is 11.3 Å². The number of ketones is 1. The van der Waals surface area contributed by atoms with E-state index in [2.05, 4.69) is 11.5 Å². The third-order valence-corrected chi connectivity index (χ3v) is 3.45. The molecule has 1 heterocycles. The predicted molar refractivity (Wildman–Crippen MR) is 76.8 cm³/mol. The molecular formula is C16H19NO2. The van der Waals surface area contributed by atoms with Gasteiger partial charge in [0.05, 0.1) is 7.11 Å². The number of Topliss-reactive ketones (excluding diaryl/α,β-unsaturated/α-hetero) is 1. The van der Waals surface area contributed by atoms with Gasteiger partial charge in [-0.15, -0.1) is 0 Å². The highest BCUT2D eigenvalue weighted by Crippen LogP contribution is 2.27. The van der Waals surface area contributed by atoms with E-state index in [-0.39, 0.29) is 5.78 Å². The molecule has 0 aliphatic rings. The number of carbonyl (C=O) groups excluding carboxylic acids is 1. The number of aromatic nitrogens is 1. The van der Waals surface area contributed by atoms with Gasteiger partial charge in [-0.3, -0.25) is 4.79 Å². The molecule has 0 saturated heterocycles. The quantitative estimate of drug-likeness (QED) is 0.782. The highest BCUT2D eigenvalue weighted by Gasteiger charge is 2.14. The summed E-state index contributed by atoms with van der Waals surface area (Å²) in [6.45, 7) is 6.54. The minimum absolute atomic E-state index is 0.111. The summed E-state index contributed by atoms with van der Waals surface area (Å²) in [5, 5.41) is 0. The summed E-state index contributed by atoms with van der Waals surface area (Å²) in [5.74, 6) is 0.946. The van der Waals surface area contributed by atoms with Gasteiger partial charge in [0.15, 0.2) is 5.78 Å². The normalized spacial score (nSPS) is 10.5. The zero-order valence-electron chi connectivity index (χ0n) is 11.9. The zero-order chi connectivity index (χ0) is 14.0. The van der Waals surface area contributed by atoms with E-state index in [1.807, 2.05) is 37.3 Å². The van der Waals surface area contributed by atoms with Crippen molar-refractivity contribution in [3.05, 3.63) is 41.6 Å². The highest BCUT2D eigenvalue weighted by atomic mass is 16.5. The summed E-state index contributed by atoms with van der Waals surface area (Å²) in [5.41, 5.74) is 4.00. The molecule has 3 heteroatoms. The fraction of sp³-hybridized carbons (Fsp3) is 0.312. The average molecular weight is 257 g/mol. The Balaban J connectivity index is 2.54. The van der Waals surface area contributed by atoms with Crippen LogP contribution in [0.2, 0.25) is 0 Å². The smallest absolute Gasteiger partial charge is 0.161 e. The first-order valence-corrected chi connectivity index (χ1v) is 6.44. The maximum absolute atomic E-state index is 11.6. The molecule has 1 aromatic carbocycles. The van der Waals surface area contributed by atoms with E-state index in [0.29, 0.717) is 0 Å². The molecule has 2 aromatic rings. The van der Waals surface area contributed by atoms with Gasteiger partial charge in [0, 0.05) is 23.5 Å². The minimum Gasteiger partial charge on any atom is -0.497 e. The third kappa shape index (κ3) is 2.41. The van der Waals surface area contributed by atoms with Crippen LogP contribution in [0.1, 0.15) is 29.9 Å². The second-order valence-corrected chi connectivity index (χ2v) is 4.56. The van der Waals surface area contributed by atoms with Crippen LogP contribution < -0.4 is 4.74 Å². The standard InChI is InChI=1S/C16H19NO2/c1-5-17-11(2)15(12(3)18)10-16(17)13-6-8-14(19-4)9-7-13/h6-10H,5H2,1-4H3. The molecule has 0 aliphatic carbocycles. The fourth-order valence-electron chi connectivity index (χ4n) is 2.41. The molecule has 0 fully saturated rings. The molecule has 0 spiro atoms. The lowest BCUT2D eigenvalue weighted by molar-refractivity contribution is 0.101. The molecule has 0 unspecified atom stereocenters. The molecule has 0 bridgehead atoms. The van der Waals surface area contributed by atoms with Crippen LogP contribution in [0.3, 0.4) is 0 Å². The predicted octanol–water partition coefficient (Wildman–Crippen LogP) is 3.69. The monoisotopic (exact) mass is 257 g/mol. The average Bonchev–Trinajstić information content (AvgIpc) is 2.76. The van der Waals surface area contributed by atoms with Crippen molar-refractivity contribution in [3.8, 4) is 17.0 Å². The Morgan fingerprint density at radius 3 is 2.37 bits per heavy atom. The fourth-order valence-corrected chi connectivity index (χ4v) is 2.41. The number of nitrogens with zero attached hydrogens (tertiary/aromatic N) is 1. The first-order chi connectivity index (χ1) is 9.08. The summed E-state index contributed by atoms with van der Waals surface area (Å²) in [7, 11) is 1.65. The Morgan fingerprint density at radius 2 is 1.89 bits per heavy atom. The van der Waals surface area contributed by atoms with Gasteiger partial charge in [0.2, 0.25) is 0 Å². The van der Waals surface area contributed by atoms with Crippen LogP contribution in [0.4, 0.5) is 0 Å². The van der Waals surface area contributed by atoms with Crippen LogP contribution in [0.5, 0.6) is 5.75 Å². The van der Waals surface area contributed by atoms with Crippen LogP contribution in [0.15, 0.2) is 30.3 Å². The molecule has 100 valence electrons. The maximum Gasteiger partial charge on any atom is 0.161 e. The Morgan fingerprint density at radius 1 is 1.26 bits per heavy atom. The molecule has 0 amide bonds. The summed E-state index contributed by atoms with van der Waals surface area (Å²) in [6.07, 6.45) is 0. The van der Waals surface area contributed by atoms with Crippen LogP contribution in [-0.2, 0) is 6.54 Å². The topological polar surface area (TPSA) is 31.2 Å². The third-order valence-electron chi connectivity index (χ3n) is 3.45. The minimum atomic E-state index is 0.111. The van der Waals surface area contributed by atoms with Gasteiger partial charge in [-0.05, 0) is 56.7 Å². The van der Waals surface area contributed by atoms with E-state index in [9.17, 15) is 4.79 Å². The number of methoxy groups -OCH3 is 1. The van der Waals surface area contributed by atoms with Gasteiger partial charge in [0.25, 0.3) is 0 Å². The Labute approximate surface area is 113 Å². The van der Waals surface area contributed by atoms with E-state index in [0.717, 1.165) is 34.8 Å². The number of carbonyl (C=O) groups is 1. The van der Waals surface area contributed by atoms with Gasteiger partial charge in [-0.25, -0.2) is 0 Å². The number of hydrogen-bond donors (Lipinski definition) is 0. The van der Waals surface area contributed by atoms with Crippen molar-refractivity contribution >= 4 is 5.78 Å². The van der Waals surface area contributed by atoms with E-state index in [1.165, 1.54) is 0 Å². The number of ether oxygens (including phenoxy) is 1. The number of rotatable bonds is 4. The summed E-state index contributed by atoms with van der Waals surface area (Å²) in [4.78, 5) is 11.6. The lowest BCUT2D eigenvalue weighted by atomic mass is 10.1. The second-order valence-electron chi connectivity index (χ2n) is 4.56. The van der Waals surface area contributed by atoms with Crippen molar-refractivity contribution < 1.29 is 9.53 Å². The zero-order valence-corrected chi connectivity index (χ0v) is 11.9. The highest BCUT2D eigenvalue weighted by molar-refractivity contribution is 5.96. The van der Waals surface area contributed by atoms with Crippen LogP contribution in [-0.4, -0.2) is 17.5 Å². The molecular weight excluding hydrogens is 238 g/mol. The van der Waals surface area contributed by atoms with Crippen molar-refractivity contribution in [2.45, 2.75) is 27.3 Å². The van der Waals surface area contributed by atoms with Crippen LogP contribution in [0, 0.1) is 6.92 Å². The van der Waals surface area contributed by atoms with E-state index in [4.69, 9.17) is 4.74 Å². The first-order valence-electron chi connectivity index (χ1n) is 6.44. The Kier molecular flexibility index (Phi) is 3.74. The number of benzene rings is 1. The molecule has 0 saturated carbocycles. The van der Waals surface area contributed by atoms with Crippen molar-refractivity contribution in [1.82, 2.24) is 4.57 Å². The lowest BCUT2D eigenvalue weighted by Gasteiger charge is -2.09. The van der Waals surface area contributed by atoms with Gasteiger partial charge in [-0.2, -0.15) is 0 Å². The molecule has 0 aliphatic heterocycles. The van der Waals surface area contributed by atoms with Crippen molar-refractivity contribution in [3.63, 3.8) is 0 Å². The molecule has 19 heavy (non-hydrogen) atoms. The van der Waals surface area contributed by atoms with Gasteiger partial charge in [0.1, 0.15) is 5.75 Å². The van der Waals surface area contributed by atoms with Crippen LogP contribution >= 0.6 is 0 Å². The Bertz CT molecular complexity index is 594. The molecule has 0 radical (unpaired) electrons. The van der Waals surface area contributed by atoms with E-state index >= 15 is 0 Å². The van der Waals surface area contributed by atoms with Gasteiger partial charge in [-0.1, -0.05) is 0 Å². The maximum atomic E-state index is 11.6. The van der Waals surface area contributed by atoms with Crippen molar-refractivity contribution in [1.29, 1.82) is 0 Å². The van der Waals surface area contributed by atoms with Gasteiger partial charge >= 0.3 is 0 Å². The first kappa shape index (κ1) is 13.4. The van der Waals surface area contributed by atoms with Crippen molar-refractivity contribution in [2.75, 3.05) is 7.11 Å². The molecule has 1 aromatic heterocycles. The lowest BCUT2D eigenvalue weighted by Crippen LogP contribution is -2.01. The van der Waals surface area contributed by atoms with Gasteiger partial charge < -0.3 is 9.30 Å². The number of hydrogen-bond acceptors (Lipinski definition) is 2. The summed E-state index contributed by atoms with van der Waals surface area (Å²) in [6, 6.07) is 9.88. The van der Waals surface area contributed by atoms with E-state index in [1.54, 1.807) is 14.0 Å². The summed E-state index contributed by atoms with van der Waals surface area (Å²) >= 11 is 0. The molecule has 0 atom stereocenters. The second kappa shape index (κ2) is 5.31. The van der Waals surface area contributed by atoms with E-state index < -0.39 is 0 Å². The molecule has 2 rings (SSSR count). The molecule has 0 N–H and O–H groups in total. The molecule has 3 nitrogen and oxygen atoms in total. The largest absolute Gasteiger partial charge is 0.497 e. The summed E-state index contributed by atoms with van der Waals surface area (Å²) < 4.78 is 7.33. The SMILES string of the molecule is CCn1c(-c2ccc(OC)cc2)cc(C(C)=O)c1C.